The number of ether oxygens (including phenoxy) is 1. The van der Waals surface area contributed by atoms with Crippen molar-refractivity contribution in [2.24, 2.45) is 5.92 Å². The number of methoxy groups -OCH3 is 1. The Morgan fingerprint density at radius 1 is 1.47 bits per heavy atom. The number of benzene rings is 1. The second-order valence-electron chi connectivity index (χ2n) is 4.73. The SMILES string of the molecule is COc1ccc(N2CC(C(=O)O)CCC2=O)cc1C. The first-order valence-corrected chi connectivity index (χ1v) is 6.20. The summed E-state index contributed by atoms with van der Waals surface area (Å²) in [5.41, 5.74) is 1.65. The zero-order valence-electron chi connectivity index (χ0n) is 11.0. The highest BCUT2D eigenvalue weighted by molar-refractivity contribution is 5.95. The van der Waals surface area contributed by atoms with Crippen molar-refractivity contribution in [1.29, 1.82) is 0 Å². The molecule has 19 heavy (non-hydrogen) atoms. The summed E-state index contributed by atoms with van der Waals surface area (Å²) in [6.07, 6.45) is 0.696. The molecule has 1 aliphatic rings. The van der Waals surface area contributed by atoms with E-state index < -0.39 is 11.9 Å². The molecule has 5 nitrogen and oxygen atoms in total. The lowest BCUT2D eigenvalue weighted by Gasteiger charge is -2.31. The Balaban J connectivity index is 2.26. The Hall–Kier alpha value is -2.04. The molecule has 1 fully saturated rings. The second-order valence-corrected chi connectivity index (χ2v) is 4.73. The van der Waals surface area contributed by atoms with Crippen molar-refractivity contribution in [1.82, 2.24) is 0 Å². The summed E-state index contributed by atoms with van der Waals surface area (Å²) in [5, 5.41) is 9.07. The van der Waals surface area contributed by atoms with E-state index in [1.165, 1.54) is 0 Å². The van der Waals surface area contributed by atoms with E-state index in [0.717, 1.165) is 17.0 Å². The molecular weight excluding hydrogens is 246 g/mol. The average Bonchev–Trinajstić information content (AvgIpc) is 2.38. The van der Waals surface area contributed by atoms with Crippen LogP contribution >= 0.6 is 0 Å². The highest BCUT2D eigenvalue weighted by atomic mass is 16.5. The number of carboxylic acid groups (broad SMARTS) is 1. The molecular formula is C14H17NO4. The molecule has 1 N–H and O–H groups in total. The lowest BCUT2D eigenvalue weighted by Crippen LogP contribution is -2.42. The molecule has 102 valence electrons. The van der Waals surface area contributed by atoms with Crippen molar-refractivity contribution in [3.05, 3.63) is 23.8 Å². The number of rotatable bonds is 3. The van der Waals surface area contributed by atoms with Gasteiger partial charge in [0, 0.05) is 18.7 Å². The van der Waals surface area contributed by atoms with Crippen molar-refractivity contribution in [3.63, 3.8) is 0 Å². The maximum absolute atomic E-state index is 11.9. The number of hydrogen-bond donors (Lipinski definition) is 1. The zero-order valence-corrected chi connectivity index (χ0v) is 11.0. The van der Waals surface area contributed by atoms with Crippen LogP contribution in [0.4, 0.5) is 5.69 Å². The molecule has 0 saturated carbocycles. The van der Waals surface area contributed by atoms with Crippen LogP contribution in [0.3, 0.4) is 0 Å². The minimum atomic E-state index is -0.845. The normalized spacial score (nSPS) is 19.4. The third-order valence-electron chi connectivity index (χ3n) is 3.45. The summed E-state index contributed by atoms with van der Waals surface area (Å²) >= 11 is 0. The molecule has 1 heterocycles. The molecule has 5 heteroatoms. The summed E-state index contributed by atoms with van der Waals surface area (Å²) < 4.78 is 5.18. The van der Waals surface area contributed by atoms with Gasteiger partial charge in [-0.1, -0.05) is 0 Å². The molecule has 0 bridgehead atoms. The van der Waals surface area contributed by atoms with Gasteiger partial charge in [-0.3, -0.25) is 9.59 Å². The van der Waals surface area contributed by atoms with Gasteiger partial charge in [0.2, 0.25) is 5.91 Å². The van der Waals surface area contributed by atoms with Gasteiger partial charge in [0.1, 0.15) is 5.75 Å². The summed E-state index contributed by atoms with van der Waals surface area (Å²) in [5.74, 6) is -0.604. The maximum Gasteiger partial charge on any atom is 0.308 e. The highest BCUT2D eigenvalue weighted by Crippen LogP contribution is 2.28. The molecule has 1 atom stereocenters. The lowest BCUT2D eigenvalue weighted by molar-refractivity contribution is -0.142. The Morgan fingerprint density at radius 2 is 2.21 bits per heavy atom. The molecule has 0 spiro atoms. The Morgan fingerprint density at radius 3 is 2.79 bits per heavy atom. The topological polar surface area (TPSA) is 66.8 Å². The van der Waals surface area contributed by atoms with Crippen LogP contribution < -0.4 is 9.64 Å². The van der Waals surface area contributed by atoms with Crippen LogP contribution in [-0.2, 0) is 9.59 Å². The molecule has 0 aliphatic carbocycles. The first kappa shape index (κ1) is 13.4. The van der Waals surface area contributed by atoms with Crippen molar-refractivity contribution in [2.45, 2.75) is 19.8 Å². The van der Waals surface area contributed by atoms with Gasteiger partial charge >= 0.3 is 5.97 Å². The Bertz CT molecular complexity index is 512. The van der Waals surface area contributed by atoms with Crippen LogP contribution in [0.1, 0.15) is 18.4 Å². The number of aliphatic carboxylic acids is 1. The number of anilines is 1. The van der Waals surface area contributed by atoms with Gasteiger partial charge in [0.15, 0.2) is 0 Å². The van der Waals surface area contributed by atoms with E-state index in [1.54, 1.807) is 24.1 Å². The molecule has 1 aliphatic heterocycles. The van der Waals surface area contributed by atoms with E-state index in [4.69, 9.17) is 9.84 Å². The van der Waals surface area contributed by atoms with Crippen molar-refractivity contribution >= 4 is 17.6 Å². The zero-order chi connectivity index (χ0) is 14.0. The van der Waals surface area contributed by atoms with Crippen LogP contribution in [-0.4, -0.2) is 30.6 Å². The third kappa shape index (κ3) is 2.70. The van der Waals surface area contributed by atoms with E-state index in [0.29, 0.717) is 6.42 Å². The standard InChI is InChI=1S/C14H17NO4/c1-9-7-11(4-5-12(9)19-2)15-8-10(14(17)18)3-6-13(15)16/h4-5,7,10H,3,6,8H2,1-2H3,(H,17,18). The average molecular weight is 263 g/mol. The smallest absolute Gasteiger partial charge is 0.308 e. The second kappa shape index (κ2) is 5.30. The number of aryl methyl sites for hydroxylation is 1. The van der Waals surface area contributed by atoms with Gasteiger partial charge in [-0.15, -0.1) is 0 Å². The predicted molar refractivity (Wildman–Crippen MR) is 70.4 cm³/mol. The fraction of sp³-hybridized carbons (Fsp3) is 0.429. The van der Waals surface area contributed by atoms with Crippen LogP contribution in [0, 0.1) is 12.8 Å². The summed E-state index contributed by atoms with van der Waals surface area (Å²) in [7, 11) is 1.59. The molecule has 1 unspecified atom stereocenters. The highest BCUT2D eigenvalue weighted by Gasteiger charge is 2.30. The number of piperidine rings is 1. The number of nitrogens with zero attached hydrogens (tertiary/aromatic N) is 1. The molecule has 0 aromatic heterocycles. The number of carbonyl (C=O) groups is 2. The number of carbonyl (C=O) groups excluding carboxylic acids is 1. The minimum absolute atomic E-state index is 0.0259. The fourth-order valence-corrected chi connectivity index (χ4v) is 2.33. The van der Waals surface area contributed by atoms with Gasteiger partial charge in [0.25, 0.3) is 0 Å². The molecule has 1 aromatic carbocycles. The van der Waals surface area contributed by atoms with E-state index >= 15 is 0 Å². The van der Waals surface area contributed by atoms with Gasteiger partial charge in [0.05, 0.1) is 13.0 Å². The molecule has 1 saturated heterocycles. The van der Waals surface area contributed by atoms with Gasteiger partial charge in [-0.05, 0) is 37.1 Å². The van der Waals surface area contributed by atoms with Crippen molar-refractivity contribution < 1.29 is 19.4 Å². The van der Waals surface area contributed by atoms with Gasteiger partial charge < -0.3 is 14.7 Å². The minimum Gasteiger partial charge on any atom is -0.496 e. The summed E-state index contributed by atoms with van der Waals surface area (Å²) in [4.78, 5) is 24.5. The van der Waals surface area contributed by atoms with Crippen LogP contribution in [0.15, 0.2) is 18.2 Å². The van der Waals surface area contributed by atoms with E-state index in [-0.39, 0.29) is 18.9 Å². The molecule has 1 aromatic rings. The fourth-order valence-electron chi connectivity index (χ4n) is 2.33. The summed E-state index contributed by atoms with van der Waals surface area (Å²) in [6, 6.07) is 5.43. The first-order valence-electron chi connectivity index (χ1n) is 6.20. The number of amides is 1. The number of hydrogen-bond acceptors (Lipinski definition) is 3. The molecule has 0 radical (unpaired) electrons. The van der Waals surface area contributed by atoms with Crippen LogP contribution in [0.5, 0.6) is 5.75 Å². The maximum atomic E-state index is 11.9. The van der Waals surface area contributed by atoms with E-state index in [1.807, 2.05) is 13.0 Å². The van der Waals surface area contributed by atoms with E-state index in [9.17, 15) is 9.59 Å². The third-order valence-corrected chi connectivity index (χ3v) is 3.45. The monoisotopic (exact) mass is 263 g/mol. The van der Waals surface area contributed by atoms with Crippen LogP contribution in [0.25, 0.3) is 0 Å². The lowest BCUT2D eigenvalue weighted by atomic mass is 9.97. The molecule has 2 rings (SSSR count). The van der Waals surface area contributed by atoms with Crippen LogP contribution in [0.2, 0.25) is 0 Å². The Kier molecular flexibility index (Phi) is 3.74. The van der Waals surface area contributed by atoms with Crippen molar-refractivity contribution in [2.75, 3.05) is 18.6 Å². The summed E-state index contributed by atoms with van der Waals surface area (Å²) in [6.45, 7) is 2.13. The largest absolute Gasteiger partial charge is 0.496 e. The Labute approximate surface area is 111 Å². The van der Waals surface area contributed by atoms with Gasteiger partial charge in [-0.25, -0.2) is 0 Å². The quantitative estimate of drug-likeness (QED) is 0.903. The van der Waals surface area contributed by atoms with Gasteiger partial charge in [-0.2, -0.15) is 0 Å². The molecule has 1 amide bonds. The van der Waals surface area contributed by atoms with E-state index in [2.05, 4.69) is 0 Å². The predicted octanol–water partition coefficient (Wildman–Crippen LogP) is 1.83. The first-order chi connectivity index (χ1) is 9.02. The number of carboxylic acids is 1. The van der Waals surface area contributed by atoms with Crippen molar-refractivity contribution in [3.8, 4) is 5.75 Å².